The van der Waals surface area contributed by atoms with Gasteiger partial charge in [-0.05, 0) is 32.6 Å². The minimum absolute atomic E-state index is 0.169. The Hall–Kier alpha value is -2.17. The van der Waals surface area contributed by atoms with Crippen molar-refractivity contribution in [1.82, 2.24) is 30.8 Å². The molecule has 4 atom stereocenters. The zero-order valence-corrected chi connectivity index (χ0v) is 16.6. The highest BCUT2D eigenvalue weighted by atomic mass is 32.2. The second kappa shape index (κ2) is 7.02. The molecule has 3 N–H and O–H groups in total. The van der Waals surface area contributed by atoms with E-state index in [9.17, 15) is 19.5 Å². The van der Waals surface area contributed by atoms with E-state index < -0.39 is 23.8 Å². The van der Waals surface area contributed by atoms with Gasteiger partial charge in [-0.25, -0.2) is 0 Å². The molecule has 0 radical (unpaired) electrons. The largest absolute Gasteiger partial charge is 0.481 e. The van der Waals surface area contributed by atoms with Gasteiger partial charge in [-0.1, -0.05) is 24.5 Å². The maximum absolute atomic E-state index is 12.8. The summed E-state index contributed by atoms with van der Waals surface area (Å²) in [7, 11) is 0. The third-order valence-electron chi connectivity index (χ3n) is 6.01. The first-order valence-corrected chi connectivity index (χ1v) is 10.5. The maximum Gasteiger partial charge on any atom is 0.316 e. The number of carbonyl (C=O) groups excluding carboxylic acids is 2. The number of aromatic nitrogens is 4. The number of thioether (sulfide) groups is 1. The van der Waals surface area contributed by atoms with Crippen LogP contribution in [-0.4, -0.2) is 64.6 Å². The predicted octanol–water partition coefficient (Wildman–Crippen LogP) is 0.700. The normalized spacial score (nSPS) is 30.4. The van der Waals surface area contributed by atoms with E-state index >= 15 is 0 Å². The number of β-lactam (4-membered cyclic amide) rings is 1. The van der Waals surface area contributed by atoms with Crippen LogP contribution < -0.4 is 5.32 Å². The van der Waals surface area contributed by atoms with Gasteiger partial charge in [0.15, 0.2) is 5.82 Å². The van der Waals surface area contributed by atoms with Crippen molar-refractivity contribution in [2.24, 2.45) is 11.8 Å². The zero-order chi connectivity index (χ0) is 20.1. The van der Waals surface area contributed by atoms with E-state index in [1.807, 2.05) is 13.8 Å². The Morgan fingerprint density at radius 3 is 2.64 bits per heavy atom. The van der Waals surface area contributed by atoms with Crippen LogP contribution >= 0.6 is 11.8 Å². The standard InChI is InChI=1S/C17H24N6O4S/c1-17(2)11(12-19-21-22-20-12)23-14(25)10(15(23)28-17)18-13(24)9(16(26)27)8-6-4-3-5-7-8/h8-11,15H,3-7H2,1-2H3,(H,18,24)(H,26,27)(H,19,20,21,22)/t9?,10?,11?,15-/m1/s1. The molecule has 4 rings (SSSR count). The number of amides is 2. The lowest BCUT2D eigenvalue weighted by molar-refractivity contribution is -0.157. The number of aliphatic carboxylic acids is 1. The number of aromatic amines is 1. The number of H-pyrrole nitrogens is 1. The van der Waals surface area contributed by atoms with E-state index in [-0.39, 0.29) is 28.0 Å². The number of nitrogens with one attached hydrogen (secondary N) is 2. The second-order valence-corrected chi connectivity index (χ2v) is 10.0. The fraction of sp³-hybridized carbons (Fsp3) is 0.765. The molecule has 0 spiro atoms. The average Bonchev–Trinajstić information content (AvgIpc) is 3.24. The maximum atomic E-state index is 12.8. The van der Waals surface area contributed by atoms with Crippen molar-refractivity contribution in [3.8, 4) is 0 Å². The third-order valence-corrected chi connectivity index (χ3v) is 7.59. The van der Waals surface area contributed by atoms with E-state index in [1.54, 1.807) is 16.7 Å². The minimum atomic E-state index is -1.11. The van der Waals surface area contributed by atoms with Crippen LogP contribution in [0.1, 0.15) is 57.8 Å². The van der Waals surface area contributed by atoms with E-state index in [0.29, 0.717) is 5.82 Å². The fourth-order valence-electron chi connectivity index (χ4n) is 4.69. The van der Waals surface area contributed by atoms with Gasteiger partial charge in [-0.2, -0.15) is 5.21 Å². The first kappa shape index (κ1) is 19.2. The number of hydrogen-bond acceptors (Lipinski definition) is 7. The molecule has 3 aliphatic rings. The van der Waals surface area contributed by atoms with Gasteiger partial charge >= 0.3 is 5.97 Å². The molecule has 1 aliphatic carbocycles. The van der Waals surface area contributed by atoms with E-state index in [2.05, 4.69) is 25.9 Å². The first-order chi connectivity index (χ1) is 13.3. The molecule has 2 saturated heterocycles. The molecule has 3 unspecified atom stereocenters. The highest BCUT2D eigenvalue weighted by Crippen LogP contribution is 2.56. The Bertz CT molecular complexity index is 779. The Morgan fingerprint density at radius 2 is 2.04 bits per heavy atom. The lowest BCUT2D eigenvalue weighted by atomic mass is 9.79. The lowest BCUT2D eigenvalue weighted by Crippen LogP contribution is -2.68. The van der Waals surface area contributed by atoms with Crippen LogP contribution in [0.25, 0.3) is 0 Å². The quantitative estimate of drug-likeness (QED) is 0.477. The van der Waals surface area contributed by atoms with Gasteiger partial charge in [0.2, 0.25) is 11.8 Å². The van der Waals surface area contributed by atoms with Crippen LogP contribution in [0.5, 0.6) is 0 Å². The molecule has 0 bridgehead atoms. The number of nitrogens with zero attached hydrogens (tertiary/aromatic N) is 4. The summed E-state index contributed by atoms with van der Waals surface area (Å²) in [4.78, 5) is 39.0. The Labute approximate surface area is 166 Å². The molecule has 1 aromatic heterocycles. The molecule has 0 aromatic carbocycles. The molecule has 11 heteroatoms. The average molecular weight is 408 g/mol. The summed E-state index contributed by atoms with van der Waals surface area (Å²) in [5.41, 5.74) is 0. The molecule has 1 aromatic rings. The number of tetrazole rings is 1. The summed E-state index contributed by atoms with van der Waals surface area (Å²) in [6, 6.07) is -1.07. The van der Waals surface area contributed by atoms with Gasteiger partial charge in [0.1, 0.15) is 23.4 Å². The van der Waals surface area contributed by atoms with Crippen molar-refractivity contribution >= 4 is 29.5 Å². The van der Waals surface area contributed by atoms with Crippen LogP contribution in [0.2, 0.25) is 0 Å². The first-order valence-electron chi connectivity index (χ1n) is 9.58. The number of carboxylic acid groups (broad SMARTS) is 1. The van der Waals surface area contributed by atoms with Crippen LogP contribution in [-0.2, 0) is 14.4 Å². The van der Waals surface area contributed by atoms with Crippen molar-refractivity contribution < 1.29 is 19.5 Å². The molecule has 1 saturated carbocycles. The summed E-state index contributed by atoms with van der Waals surface area (Å²) in [5, 5.41) is 26.1. The van der Waals surface area contributed by atoms with Crippen molar-refractivity contribution in [2.45, 2.75) is 68.2 Å². The zero-order valence-electron chi connectivity index (χ0n) is 15.8. The summed E-state index contributed by atoms with van der Waals surface area (Å²) >= 11 is 1.55. The number of carboxylic acids is 1. The van der Waals surface area contributed by atoms with Crippen LogP contribution in [0.15, 0.2) is 0 Å². The topological polar surface area (TPSA) is 141 Å². The third kappa shape index (κ3) is 3.05. The SMILES string of the molecule is CC1(C)S[C@@H]2C(NC(=O)C(C(=O)O)C3CCCCC3)C(=O)N2C1c1nn[nH]n1. The number of hydrogen-bond donors (Lipinski definition) is 3. The molecule has 28 heavy (non-hydrogen) atoms. The molecule has 3 heterocycles. The summed E-state index contributed by atoms with van der Waals surface area (Å²) in [5.74, 6) is -2.74. The van der Waals surface area contributed by atoms with Crippen LogP contribution in [0.4, 0.5) is 0 Å². The van der Waals surface area contributed by atoms with Crippen molar-refractivity contribution in [2.75, 3.05) is 0 Å². The van der Waals surface area contributed by atoms with E-state index in [0.717, 1.165) is 32.1 Å². The van der Waals surface area contributed by atoms with Crippen molar-refractivity contribution in [3.05, 3.63) is 5.82 Å². The summed E-state index contributed by atoms with van der Waals surface area (Å²) in [6.45, 7) is 3.98. The summed E-state index contributed by atoms with van der Waals surface area (Å²) in [6.07, 6.45) is 4.43. The Morgan fingerprint density at radius 1 is 1.32 bits per heavy atom. The van der Waals surface area contributed by atoms with Crippen LogP contribution in [0.3, 0.4) is 0 Å². The van der Waals surface area contributed by atoms with Gasteiger partial charge in [0, 0.05) is 4.75 Å². The fourth-order valence-corrected chi connectivity index (χ4v) is 6.32. The molecule has 2 amide bonds. The number of carbonyl (C=O) groups is 3. The van der Waals surface area contributed by atoms with Crippen molar-refractivity contribution in [1.29, 1.82) is 0 Å². The monoisotopic (exact) mass is 408 g/mol. The molecule has 3 fully saturated rings. The molecular formula is C17H24N6O4S. The molecule has 10 nitrogen and oxygen atoms in total. The molecular weight excluding hydrogens is 384 g/mol. The van der Waals surface area contributed by atoms with Gasteiger partial charge < -0.3 is 15.3 Å². The highest BCUT2D eigenvalue weighted by molar-refractivity contribution is 8.01. The van der Waals surface area contributed by atoms with Gasteiger partial charge in [0.05, 0.1) is 0 Å². The Kier molecular flexibility index (Phi) is 4.80. The molecule has 2 aliphatic heterocycles. The van der Waals surface area contributed by atoms with Crippen molar-refractivity contribution in [3.63, 3.8) is 0 Å². The molecule has 152 valence electrons. The summed E-state index contributed by atoms with van der Waals surface area (Å²) < 4.78 is -0.362. The highest BCUT2D eigenvalue weighted by Gasteiger charge is 2.63. The smallest absolute Gasteiger partial charge is 0.316 e. The van der Waals surface area contributed by atoms with Gasteiger partial charge in [0.25, 0.3) is 0 Å². The lowest BCUT2D eigenvalue weighted by Gasteiger charge is -2.44. The van der Waals surface area contributed by atoms with E-state index in [1.165, 1.54) is 0 Å². The number of fused-ring (bicyclic) bond motifs is 1. The van der Waals surface area contributed by atoms with Crippen LogP contribution in [0, 0.1) is 11.8 Å². The predicted molar refractivity (Wildman–Crippen MR) is 98.9 cm³/mol. The Balaban J connectivity index is 1.48. The minimum Gasteiger partial charge on any atom is -0.481 e. The van der Waals surface area contributed by atoms with Gasteiger partial charge in [-0.3, -0.25) is 14.4 Å². The second-order valence-electron chi connectivity index (χ2n) is 8.23. The van der Waals surface area contributed by atoms with Gasteiger partial charge in [-0.15, -0.1) is 22.0 Å². The number of rotatable bonds is 5. The van der Waals surface area contributed by atoms with E-state index in [4.69, 9.17) is 0 Å².